The standard InChI is InChI=1S/C12H21N3O2/c16-12(14-10-3-4-17-7-10)15-11-5-8-1-2-9(6-11)13-8/h8-11,13H,1-7H2,(H2,14,15,16). The fraction of sp³-hybridized carbons (Fsp3) is 0.917. The highest BCUT2D eigenvalue weighted by Gasteiger charge is 2.34. The van der Waals surface area contributed by atoms with Gasteiger partial charge in [0.05, 0.1) is 12.6 Å². The van der Waals surface area contributed by atoms with E-state index in [0.717, 1.165) is 25.9 Å². The monoisotopic (exact) mass is 239 g/mol. The van der Waals surface area contributed by atoms with Crippen molar-refractivity contribution in [2.24, 2.45) is 0 Å². The Balaban J connectivity index is 1.44. The van der Waals surface area contributed by atoms with Crippen molar-refractivity contribution in [2.75, 3.05) is 13.2 Å². The summed E-state index contributed by atoms with van der Waals surface area (Å²) in [6.45, 7) is 1.42. The van der Waals surface area contributed by atoms with Crippen LogP contribution in [-0.2, 0) is 4.74 Å². The van der Waals surface area contributed by atoms with Crippen molar-refractivity contribution in [3.8, 4) is 0 Å². The number of fused-ring (bicyclic) bond motifs is 2. The largest absolute Gasteiger partial charge is 0.379 e. The zero-order valence-corrected chi connectivity index (χ0v) is 10.1. The number of urea groups is 1. The van der Waals surface area contributed by atoms with Gasteiger partial charge in [0.1, 0.15) is 0 Å². The molecule has 3 saturated heterocycles. The third kappa shape index (κ3) is 2.72. The van der Waals surface area contributed by atoms with Gasteiger partial charge < -0.3 is 20.7 Å². The molecule has 3 atom stereocenters. The Labute approximate surface area is 102 Å². The molecule has 3 N–H and O–H groups in total. The number of carbonyl (C=O) groups excluding carboxylic acids is 1. The normalized spacial score (nSPS) is 40.2. The van der Waals surface area contributed by atoms with Gasteiger partial charge in [-0.05, 0) is 32.1 Å². The maximum atomic E-state index is 11.8. The van der Waals surface area contributed by atoms with Crippen molar-refractivity contribution in [3.63, 3.8) is 0 Å². The number of nitrogens with one attached hydrogen (secondary N) is 3. The van der Waals surface area contributed by atoms with Gasteiger partial charge in [0, 0.05) is 24.7 Å². The van der Waals surface area contributed by atoms with Crippen LogP contribution in [0.4, 0.5) is 4.79 Å². The third-order valence-electron chi connectivity index (χ3n) is 4.07. The van der Waals surface area contributed by atoms with Crippen LogP contribution in [0.2, 0.25) is 0 Å². The molecule has 2 amide bonds. The number of piperidine rings is 1. The molecule has 3 aliphatic heterocycles. The van der Waals surface area contributed by atoms with E-state index in [1.54, 1.807) is 0 Å². The highest BCUT2D eigenvalue weighted by Crippen LogP contribution is 2.26. The second-order valence-corrected chi connectivity index (χ2v) is 5.48. The minimum absolute atomic E-state index is 0.0215. The lowest BCUT2D eigenvalue weighted by molar-refractivity contribution is 0.187. The van der Waals surface area contributed by atoms with Crippen LogP contribution >= 0.6 is 0 Å². The van der Waals surface area contributed by atoms with Crippen molar-refractivity contribution < 1.29 is 9.53 Å². The lowest BCUT2D eigenvalue weighted by atomic mass is 10.00. The van der Waals surface area contributed by atoms with Crippen LogP contribution in [0.5, 0.6) is 0 Å². The summed E-state index contributed by atoms with van der Waals surface area (Å²) in [6.07, 6.45) is 5.61. The zero-order chi connectivity index (χ0) is 11.7. The summed E-state index contributed by atoms with van der Waals surface area (Å²) >= 11 is 0. The van der Waals surface area contributed by atoms with E-state index >= 15 is 0 Å². The summed E-state index contributed by atoms with van der Waals surface area (Å²) < 4.78 is 5.24. The minimum atomic E-state index is -0.0215. The van der Waals surface area contributed by atoms with Gasteiger partial charge in [-0.15, -0.1) is 0 Å². The molecule has 3 heterocycles. The highest BCUT2D eigenvalue weighted by atomic mass is 16.5. The van der Waals surface area contributed by atoms with Crippen LogP contribution in [0.1, 0.15) is 32.1 Å². The van der Waals surface area contributed by atoms with Crippen molar-refractivity contribution in [1.29, 1.82) is 0 Å². The topological polar surface area (TPSA) is 62.4 Å². The third-order valence-corrected chi connectivity index (χ3v) is 4.07. The van der Waals surface area contributed by atoms with Gasteiger partial charge in [-0.3, -0.25) is 0 Å². The van der Waals surface area contributed by atoms with E-state index in [1.165, 1.54) is 12.8 Å². The fourth-order valence-corrected chi connectivity index (χ4v) is 3.24. The quantitative estimate of drug-likeness (QED) is 0.652. The Kier molecular flexibility index (Phi) is 3.20. The van der Waals surface area contributed by atoms with Crippen molar-refractivity contribution in [3.05, 3.63) is 0 Å². The summed E-state index contributed by atoms with van der Waals surface area (Å²) in [5, 5.41) is 9.66. The van der Waals surface area contributed by atoms with E-state index in [9.17, 15) is 4.79 Å². The molecule has 17 heavy (non-hydrogen) atoms. The van der Waals surface area contributed by atoms with Crippen LogP contribution in [-0.4, -0.2) is 43.4 Å². The Morgan fingerprint density at radius 3 is 2.41 bits per heavy atom. The van der Waals surface area contributed by atoms with E-state index in [-0.39, 0.29) is 12.1 Å². The van der Waals surface area contributed by atoms with E-state index in [0.29, 0.717) is 24.7 Å². The molecule has 3 rings (SSSR count). The average molecular weight is 239 g/mol. The first-order valence-electron chi connectivity index (χ1n) is 6.70. The van der Waals surface area contributed by atoms with Crippen molar-refractivity contribution in [2.45, 2.75) is 56.3 Å². The minimum Gasteiger partial charge on any atom is -0.379 e. The van der Waals surface area contributed by atoms with Crippen LogP contribution in [0.3, 0.4) is 0 Å². The molecular weight excluding hydrogens is 218 g/mol. The summed E-state index contributed by atoms with van der Waals surface area (Å²) in [5.41, 5.74) is 0. The maximum absolute atomic E-state index is 11.8. The molecule has 3 fully saturated rings. The van der Waals surface area contributed by atoms with Crippen LogP contribution < -0.4 is 16.0 Å². The second-order valence-electron chi connectivity index (χ2n) is 5.48. The predicted octanol–water partition coefficient (Wildman–Crippen LogP) is 0.357. The molecule has 96 valence electrons. The number of ether oxygens (including phenoxy) is 1. The van der Waals surface area contributed by atoms with Gasteiger partial charge >= 0.3 is 6.03 Å². The smallest absolute Gasteiger partial charge is 0.315 e. The summed E-state index contributed by atoms with van der Waals surface area (Å²) in [6, 6.07) is 1.76. The Morgan fingerprint density at radius 1 is 1.06 bits per heavy atom. The molecule has 3 aliphatic rings. The molecular formula is C12H21N3O2. The fourth-order valence-electron chi connectivity index (χ4n) is 3.24. The molecule has 0 spiro atoms. The van der Waals surface area contributed by atoms with E-state index in [1.807, 2.05) is 0 Å². The Hall–Kier alpha value is -0.810. The first kappa shape index (κ1) is 11.3. The van der Waals surface area contributed by atoms with Crippen LogP contribution in [0, 0.1) is 0 Å². The maximum Gasteiger partial charge on any atom is 0.315 e. The lowest BCUT2D eigenvalue weighted by Crippen LogP contribution is -2.52. The average Bonchev–Trinajstić information content (AvgIpc) is 2.89. The number of hydrogen-bond donors (Lipinski definition) is 3. The molecule has 0 saturated carbocycles. The Bertz CT molecular complexity index is 279. The number of rotatable bonds is 2. The summed E-state index contributed by atoms with van der Waals surface area (Å²) in [4.78, 5) is 11.8. The number of carbonyl (C=O) groups is 1. The Morgan fingerprint density at radius 2 is 1.76 bits per heavy atom. The van der Waals surface area contributed by atoms with Gasteiger partial charge in [-0.1, -0.05) is 0 Å². The predicted molar refractivity (Wildman–Crippen MR) is 63.9 cm³/mol. The van der Waals surface area contributed by atoms with Gasteiger partial charge in [-0.25, -0.2) is 4.79 Å². The van der Waals surface area contributed by atoms with Crippen LogP contribution in [0.25, 0.3) is 0 Å². The molecule has 0 aromatic rings. The van der Waals surface area contributed by atoms with E-state index < -0.39 is 0 Å². The molecule has 0 aliphatic carbocycles. The van der Waals surface area contributed by atoms with E-state index in [2.05, 4.69) is 16.0 Å². The second kappa shape index (κ2) is 4.82. The number of hydrogen-bond acceptors (Lipinski definition) is 3. The molecule has 2 bridgehead atoms. The first-order valence-corrected chi connectivity index (χ1v) is 6.70. The molecule has 0 aromatic heterocycles. The SMILES string of the molecule is O=C(NC1CCOC1)NC1CC2CCC(C1)N2. The summed E-state index contributed by atoms with van der Waals surface area (Å²) in [7, 11) is 0. The van der Waals surface area contributed by atoms with E-state index in [4.69, 9.17) is 4.74 Å². The molecule has 0 aromatic carbocycles. The van der Waals surface area contributed by atoms with Gasteiger partial charge in [-0.2, -0.15) is 0 Å². The lowest BCUT2D eigenvalue weighted by Gasteiger charge is -2.30. The molecule has 3 unspecified atom stereocenters. The van der Waals surface area contributed by atoms with Gasteiger partial charge in [0.25, 0.3) is 0 Å². The number of amides is 2. The van der Waals surface area contributed by atoms with Gasteiger partial charge in [0.15, 0.2) is 0 Å². The van der Waals surface area contributed by atoms with Crippen molar-refractivity contribution >= 4 is 6.03 Å². The highest BCUT2D eigenvalue weighted by molar-refractivity contribution is 5.74. The molecule has 5 nitrogen and oxygen atoms in total. The molecule has 0 radical (unpaired) electrons. The summed E-state index contributed by atoms with van der Waals surface area (Å²) in [5.74, 6) is 0. The molecule has 5 heteroatoms. The zero-order valence-electron chi connectivity index (χ0n) is 10.1. The first-order chi connectivity index (χ1) is 8.29. The van der Waals surface area contributed by atoms with Crippen LogP contribution in [0.15, 0.2) is 0 Å². The van der Waals surface area contributed by atoms with Crippen molar-refractivity contribution in [1.82, 2.24) is 16.0 Å². The van der Waals surface area contributed by atoms with Gasteiger partial charge in [0.2, 0.25) is 0 Å².